The van der Waals surface area contributed by atoms with Gasteiger partial charge in [-0.05, 0) is 19.9 Å². The topological polar surface area (TPSA) is 38.0 Å². The molecule has 1 aliphatic rings. The molecule has 0 bridgehead atoms. The van der Waals surface area contributed by atoms with Gasteiger partial charge in [0.2, 0.25) is 0 Å². The second-order valence-corrected chi connectivity index (χ2v) is 3.31. The molecule has 0 aromatic rings. The Morgan fingerprint density at radius 3 is 2.70 bits per heavy atom. The van der Waals surface area contributed by atoms with Crippen LogP contribution in [-0.4, -0.2) is 18.1 Å². The van der Waals surface area contributed by atoms with Crippen LogP contribution in [0.25, 0.3) is 0 Å². The smallest absolute Gasteiger partial charge is 0.0774 e. The third-order valence-electron chi connectivity index (χ3n) is 2.25. The van der Waals surface area contributed by atoms with Crippen molar-refractivity contribution in [3.8, 4) is 0 Å². The van der Waals surface area contributed by atoms with Crippen LogP contribution in [-0.2, 0) is 0 Å². The van der Waals surface area contributed by atoms with E-state index in [1.165, 1.54) is 19.3 Å². The molecule has 2 atom stereocenters. The summed E-state index contributed by atoms with van der Waals surface area (Å²) in [5, 5.41) is 3.23. The van der Waals surface area contributed by atoms with E-state index in [0.29, 0.717) is 16.9 Å². The molecule has 0 unspecified atom stereocenters. The average Bonchev–Trinajstić information content (AvgIpc) is 2.33. The zero-order valence-electron chi connectivity index (χ0n) is 6.26. The van der Waals surface area contributed by atoms with E-state index in [-0.39, 0.29) is 0 Å². The van der Waals surface area contributed by atoms with Gasteiger partial charge in [0.1, 0.15) is 0 Å². The molecule has 0 saturated heterocycles. The molecule has 2 nitrogen and oxygen atoms in total. The fraction of sp³-hybridized carbons (Fsp3) is 0.857. The molecular weight excluding hydrogens is 144 g/mol. The molecule has 3 N–H and O–H groups in total. The summed E-state index contributed by atoms with van der Waals surface area (Å²) in [5.41, 5.74) is 5.56. The summed E-state index contributed by atoms with van der Waals surface area (Å²) < 4.78 is 0. The molecular formula is C7H14N2S. The van der Waals surface area contributed by atoms with Gasteiger partial charge in [-0.25, -0.2) is 0 Å². The van der Waals surface area contributed by atoms with Gasteiger partial charge in [0, 0.05) is 12.0 Å². The van der Waals surface area contributed by atoms with Gasteiger partial charge in [-0.3, -0.25) is 0 Å². The summed E-state index contributed by atoms with van der Waals surface area (Å²) in [6.45, 7) is 0. The van der Waals surface area contributed by atoms with E-state index in [4.69, 9.17) is 18.0 Å². The first-order valence-corrected chi connectivity index (χ1v) is 4.13. The Morgan fingerprint density at radius 1 is 1.60 bits per heavy atom. The van der Waals surface area contributed by atoms with E-state index in [9.17, 15) is 0 Å². The Hall–Kier alpha value is -0.150. The lowest BCUT2D eigenvalue weighted by atomic mass is 10.0. The van der Waals surface area contributed by atoms with Crippen LogP contribution in [0.3, 0.4) is 0 Å². The van der Waals surface area contributed by atoms with Gasteiger partial charge >= 0.3 is 0 Å². The van der Waals surface area contributed by atoms with Gasteiger partial charge in [0.25, 0.3) is 0 Å². The predicted molar refractivity (Wildman–Crippen MR) is 47.0 cm³/mol. The Labute approximate surface area is 67.2 Å². The summed E-state index contributed by atoms with van der Waals surface area (Å²) in [7, 11) is 1.97. The van der Waals surface area contributed by atoms with Crippen molar-refractivity contribution >= 4 is 17.2 Å². The molecule has 0 aromatic carbocycles. The van der Waals surface area contributed by atoms with E-state index in [2.05, 4.69) is 5.32 Å². The Morgan fingerprint density at radius 2 is 2.30 bits per heavy atom. The van der Waals surface area contributed by atoms with Crippen molar-refractivity contribution in [3.63, 3.8) is 0 Å². The zero-order valence-corrected chi connectivity index (χ0v) is 7.08. The van der Waals surface area contributed by atoms with Gasteiger partial charge in [0.15, 0.2) is 0 Å². The third-order valence-corrected chi connectivity index (χ3v) is 2.55. The average molecular weight is 158 g/mol. The summed E-state index contributed by atoms with van der Waals surface area (Å²) in [6.07, 6.45) is 3.65. The summed E-state index contributed by atoms with van der Waals surface area (Å²) in [6, 6.07) is 0.539. The van der Waals surface area contributed by atoms with Crippen molar-refractivity contribution in [1.82, 2.24) is 5.32 Å². The highest BCUT2D eigenvalue weighted by Gasteiger charge is 2.27. The van der Waals surface area contributed by atoms with E-state index < -0.39 is 0 Å². The Balaban J connectivity index is 2.50. The van der Waals surface area contributed by atoms with E-state index >= 15 is 0 Å². The van der Waals surface area contributed by atoms with Gasteiger partial charge in [-0.2, -0.15) is 0 Å². The van der Waals surface area contributed by atoms with E-state index in [1.54, 1.807) is 0 Å². The van der Waals surface area contributed by atoms with Crippen LogP contribution in [0, 0.1) is 5.92 Å². The highest BCUT2D eigenvalue weighted by atomic mass is 32.1. The maximum atomic E-state index is 5.56. The van der Waals surface area contributed by atoms with Crippen molar-refractivity contribution in [3.05, 3.63) is 0 Å². The van der Waals surface area contributed by atoms with Crippen LogP contribution in [0.2, 0.25) is 0 Å². The first-order chi connectivity index (χ1) is 4.75. The molecule has 0 aromatic heterocycles. The molecule has 0 radical (unpaired) electrons. The fourth-order valence-corrected chi connectivity index (χ4v) is 1.93. The van der Waals surface area contributed by atoms with Crippen molar-refractivity contribution in [2.45, 2.75) is 25.3 Å². The lowest BCUT2D eigenvalue weighted by Crippen LogP contribution is -2.36. The lowest BCUT2D eigenvalue weighted by molar-refractivity contribution is 0.521. The van der Waals surface area contributed by atoms with Crippen LogP contribution < -0.4 is 11.1 Å². The number of hydrogen-bond acceptors (Lipinski definition) is 2. The summed E-state index contributed by atoms with van der Waals surface area (Å²) in [5.74, 6) is 0.444. The maximum Gasteiger partial charge on any atom is 0.0774 e. The van der Waals surface area contributed by atoms with Crippen molar-refractivity contribution in [2.24, 2.45) is 11.7 Å². The highest BCUT2D eigenvalue weighted by Crippen LogP contribution is 2.25. The largest absolute Gasteiger partial charge is 0.393 e. The van der Waals surface area contributed by atoms with E-state index in [0.717, 1.165) is 0 Å². The fourth-order valence-electron chi connectivity index (χ4n) is 1.65. The van der Waals surface area contributed by atoms with Crippen molar-refractivity contribution in [2.75, 3.05) is 7.05 Å². The molecule has 1 saturated carbocycles. The number of rotatable bonds is 2. The Kier molecular flexibility index (Phi) is 2.63. The van der Waals surface area contributed by atoms with Gasteiger partial charge < -0.3 is 11.1 Å². The highest BCUT2D eigenvalue weighted by molar-refractivity contribution is 7.80. The SMILES string of the molecule is CN[C@@H]1CCC[C@@H]1C(N)=S. The monoisotopic (exact) mass is 158 g/mol. The quantitative estimate of drug-likeness (QED) is 0.580. The minimum atomic E-state index is 0.444. The van der Waals surface area contributed by atoms with Crippen LogP contribution in [0.5, 0.6) is 0 Å². The molecule has 1 aliphatic carbocycles. The Bertz CT molecular complexity index is 136. The maximum absolute atomic E-state index is 5.56. The molecule has 1 fully saturated rings. The number of nitrogens with two attached hydrogens (primary N) is 1. The van der Waals surface area contributed by atoms with E-state index in [1.807, 2.05) is 7.05 Å². The number of hydrogen-bond donors (Lipinski definition) is 2. The molecule has 58 valence electrons. The second kappa shape index (κ2) is 3.30. The van der Waals surface area contributed by atoms with Crippen LogP contribution in [0.15, 0.2) is 0 Å². The standard InChI is InChI=1S/C7H14N2S/c1-9-6-4-2-3-5(6)7(8)10/h5-6,9H,2-4H2,1H3,(H2,8,10)/t5-,6+/m0/s1. The van der Waals surface area contributed by atoms with Crippen LogP contribution >= 0.6 is 12.2 Å². The second-order valence-electron chi connectivity index (χ2n) is 2.83. The van der Waals surface area contributed by atoms with Gasteiger partial charge in [-0.15, -0.1) is 0 Å². The van der Waals surface area contributed by atoms with Crippen molar-refractivity contribution < 1.29 is 0 Å². The molecule has 10 heavy (non-hydrogen) atoms. The summed E-state index contributed by atoms with van der Waals surface area (Å²) >= 11 is 4.94. The number of thiocarbonyl (C=S) groups is 1. The molecule has 0 heterocycles. The zero-order chi connectivity index (χ0) is 7.56. The van der Waals surface area contributed by atoms with Crippen LogP contribution in [0.1, 0.15) is 19.3 Å². The van der Waals surface area contributed by atoms with Gasteiger partial charge in [-0.1, -0.05) is 18.6 Å². The third kappa shape index (κ3) is 1.47. The first-order valence-electron chi connectivity index (χ1n) is 3.72. The van der Waals surface area contributed by atoms with Crippen LogP contribution in [0.4, 0.5) is 0 Å². The number of nitrogens with one attached hydrogen (secondary N) is 1. The molecule has 3 heteroatoms. The molecule has 1 rings (SSSR count). The lowest BCUT2D eigenvalue weighted by Gasteiger charge is -2.16. The minimum absolute atomic E-state index is 0.444. The normalized spacial score (nSPS) is 32.5. The summed E-state index contributed by atoms with van der Waals surface area (Å²) in [4.78, 5) is 0.678. The van der Waals surface area contributed by atoms with Crippen molar-refractivity contribution in [1.29, 1.82) is 0 Å². The van der Waals surface area contributed by atoms with Gasteiger partial charge in [0.05, 0.1) is 4.99 Å². The molecule has 0 amide bonds. The molecule has 0 aliphatic heterocycles. The minimum Gasteiger partial charge on any atom is -0.393 e. The molecule has 0 spiro atoms. The first kappa shape index (κ1) is 7.95. The predicted octanol–water partition coefficient (Wildman–Crippen LogP) is 0.661.